The minimum absolute atomic E-state index is 0.152. The van der Waals surface area contributed by atoms with Crippen molar-refractivity contribution < 1.29 is 22.7 Å². The van der Waals surface area contributed by atoms with E-state index in [0.717, 1.165) is 23.6 Å². The highest BCUT2D eigenvalue weighted by Gasteiger charge is 2.38. The van der Waals surface area contributed by atoms with Crippen LogP contribution in [0.5, 0.6) is 0 Å². The molecule has 3 heterocycles. The van der Waals surface area contributed by atoms with Crippen LogP contribution in [0.15, 0.2) is 24.5 Å². The van der Waals surface area contributed by atoms with E-state index in [9.17, 15) is 18.0 Å². The van der Waals surface area contributed by atoms with Gasteiger partial charge in [-0.1, -0.05) is 6.92 Å². The Hall–Kier alpha value is -3.04. The third-order valence-corrected chi connectivity index (χ3v) is 6.66. The molecular weight excluding hydrogens is 471 g/mol. The van der Waals surface area contributed by atoms with Gasteiger partial charge in [0.15, 0.2) is 0 Å². The molecule has 0 saturated carbocycles. The number of benzene rings is 1. The van der Waals surface area contributed by atoms with E-state index in [-0.39, 0.29) is 18.6 Å². The highest BCUT2D eigenvalue weighted by molar-refractivity contribution is 5.70. The number of carbonyl (C=O) groups is 1. The van der Waals surface area contributed by atoms with Crippen LogP contribution in [0.4, 0.5) is 29.3 Å². The van der Waals surface area contributed by atoms with Crippen molar-refractivity contribution in [1.29, 1.82) is 0 Å². The summed E-state index contributed by atoms with van der Waals surface area (Å²) in [6, 6.07) is 2.63. The summed E-state index contributed by atoms with van der Waals surface area (Å²) >= 11 is 0. The van der Waals surface area contributed by atoms with E-state index in [1.165, 1.54) is 6.07 Å². The number of anilines is 2. The van der Waals surface area contributed by atoms with Crippen LogP contribution in [0.25, 0.3) is 0 Å². The Labute approximate surface area is 210 Å². The van der Waals surface area contributed by atoms with Crippen molar-refractivity contribution >= 4 is 17.5 Å². The maximum Gasteiger partial charge on any atom is 0.416 e. The number of piperazine rings is 1. The van der Waals surface area contributed by atoms with Gasteiger partial charge in [0, 0.05) is 50.9 Å². The zero-order valence-corrected chi connectivity index (χ0v) is 21.5. The summed E-state index contributed by atoms with van der Waals surface area (Å²) in [5.41, 5.74) is 1.44. The Morgan fingerprint density at radius 3 is 2.33 bits per heavy atom. The molecule has 2 aromatic rings. The van der Waals surface area contributed by atoms with Crippen molar-refractivity contribution in [1.82, 2.24) is 14.9 Å². The molecule has 0 aliphatic carbocycles. The zero-order chi connectivity index (χ0) is 26.3. The number of ether oxygens (including phenoxy) is 1. The Kier molecular flexibility index (Phi) is 7.07. The number of amides is 1. The van der Waals surface area contributed by atoms with E-state index in [1.807, 2.05) is 39.5 Å². The van der Waals surface area contributed by atoms with Crippen molar-refractivity contribution in [2.75, 3.05) is 36.0 Å². The molecule has 0 spiro atoms. The maximum absolute atomic E-state index is 13.9. The predicted molar refractivity (Wildman–Crippen MR) is 132 cm³/mol. The number of aryl methyl sites for hydroxylation is 1. The van der Waals surface area contributed by atoms with Gasteiger partial charge in [-0.3, -0.25) is 0 Å². The first kappa shape index (κ1) is 26.0. The highest BCUT2D eigenvalue weighted by Crippen LogP contribution is 2.40. The van der Waals surface area contributed by atoms with Crippen LogP contribution in [0.2, 0.25) is 0 Å². The molecule has 1 aromatic heterocycles. The van der Waals surface area contributed by atoms with E-state index < -0.39 is 17.3 Å². The highest BCUT2D eigenvalue weighted by atomic mass is 19.4. The summed E-state index contributed by atoms with van der Waals surface area (Å²) in [4.78, 5) is 27.2. The molecule has 36 heavy (non-hydrogen) atoms. The molecule has 196 valence electrons. The molecule has 1 amide bonds. The Morgan fingerprint density at radius 2 is 1.75 bits per heavy atom. The minimum atomic E-state index is -4.42. The van der Waals surface area contributed by atoms with Gasteiger partial charge in [0.1, 0.15) is 11.4 Å². The van der Waals surface area contributed by atoms with Crippen molar-refractivity contribution in [3.05, 3.63) is 47.0 Å². The van der Waals surface area contributed by atoms with Crippen LogP contribution in [-0.2, 0) is 30.3 Å². The third kappa shape index (κ3) is 5.52. The van der Waals surface area contributed by atoms with E-state index in [0.29, 0.717) is 43.9 Å². The summed E-state index contributed by atoms with van der Waals surface area (Å²) in [6.07, 6.45) is -0.307. The van der Waals surface area contributed by atoms with E-state index in [2.05, 4.69) is 14.9 Å². The van der Waals surface area contributed by atoms with Crippen LogP contribution in [-0.4, -0.2) is 58.8 Å². The minimum Gasteiger partial charge on any atom is -0.444 e. The zero-order valence-electron chi connectivity index (χ0n) is 21.5. The van der Waals surface area contributed by atoms with E-state index in [4.69, 9.17) is 4.74 Å². The molecule has 0 bridgehead atoms. The molecule has 10 heteroatoms. The van der Waals surface area contributed by atoms with Gasteiger partial charge in [-0.25, -0.2) is 14.8 Å². The first-order valence-electron chi connectivity index (χ1n) is 12.4. The van der Waals surface area contributed by atoms with Crippen molar-refractivity contribution in [3.8, 4) is 0 Å². The second-order valence-corrected chi connectivity index (χ2v) is 10.4. The number of halogens is 3. The molecule has 1 aromatic carbocycles. The SMILES string of the molecule is CCc1ncc(N2CCc3c(C(F)(F)F)ccc(N4CCN(C(=O)OC(C)(C)C)[C@H](C)C4)c3C2)cn1. The summed E-state index contributed by atoms with van der Waals surface area (Å²) < 4.78 is 47.2. The summed E-state index contributed by atoms with van der Waals surface area (Å²) in [5, 5.41) is 0. The molecular formula is C26H34F3N5O2. The molecule has 0 unspecified atom stereocenters. The smallest absolute Gasteiger partial charge is 0.416 e. The van der Waals surface area contributed by atoms with Gasteiger partial charge in [-0.2, -0.15) is 13.2 Å². The van der Waals surface area contributed by atoms with Crippen molar-refractivity contribution in [3.63, 3.8) is 0 Å². The third-order valence-electron chi connectivity index (χ3n) is 6.66. The summed E-state index contributed by atoms with van der Waals surface area (Å²) in [5.74, 6) is 0.730. The maximum atomic E-state index is 13.9. The molecule has 0 radical (unpaired) electrons. The van der Waals surface area contributed by atoms with Gasteiger partial charge < -0.3 is 19.4 Å². The summed E-state index contributed by atoms with van der Waals surface area (Å²) in [7, 11) is 0. The Morgan fingerprint density at radius 1 is 1.06 bits per heavy atom. The normalized spacial score (nSPS) is 18.8. The molecule has 0 N–H and O–H groups in total. The summed E-state index contributed by atoms with van der Waals surface area (Å²) in [6.45, 7) is 11.6. The van der Waals surface area contributed by atoms with Gasteiger partial charge in [0.2, 0.25) is 0 Å². The number of hydrogen-bond acceptors (Lipinski definition) is 6. The lowest BCUT2D eigenvalue weighted by atomic mass is 9.91. The predicted octanol–water partition coefficient (Wildman–Crippen LogP) is 5.07. The van der Waals surface area contributed by atoms with Crippen LogP contribution < -0.4 is 9.80 Å². The second-order valence-electron chi connectivity index (χ2n) is 10.4. The van der Waals surface area contributed by atoms with E-state index in [1.54, 1.807) is 23.4 Å². The number of carbonyl (C=O) groups excluding carboxylic acids is 1. The average molecular weight is 506 g/mol. The average Bonchev–Trinajstić information content (AvgIpc) is 2.81. The van der Waals surface area contributed by atoms with Crippen LogP contribution in [0, 0.1) is 0 Å². The lowest BCUT2D eigenvalue weighted by molar-refractivity contribution is -0.138. The standard InChI is InChI=1S/C26H34F3N5O2/c1-6-23-30-13-18(14-31-23)32-10-9-19-20(16-32)22(8-7-21(19)26(27,28)29)33-11-12-34(17(2)15-33)24(35)36-25(3,4)5/h7-8,13-14,17H,6,9-12,15-16H2,1-5H3/t17-/m1/s1. The van der Waals surface area contributed by atoms with Gasteiger partial charge in [0.25, 0.3) is 0 Å². The molecule has 7 nitrogen and oxygen atoms in total. The number of fused-ring (bicyclic) bond motifs is 1. The molecule has 2 aliphatic rings. The fourth-order valence-corrected chi connectivity index (χ4v) is 4.90. The fourth-order valence-electron chi connectivity index (χ4n) is 4.90. The molecule has 1 fully saturated rings. The quantitative estimate of drug-likeness (QED) is 0.581. The lowest BCUT2D eigenvalue weighted by Crippen LogP contribution is -2.55. The Bertz CT molecular complexity index is 1100. The molecule has 1 atom stereocenters. The van der Waals surface area contributed by atoms with Gasteiger partial charge >= 0.3 is 12.3 Å². The second kappa shape index (κ2) is 9.78. The molecule has 4 rings (SSSR count). The van der Waals surface area contributed by atoms with Crippen LogP contribution >= 0.6 is 0 Å². The monoisotopic (exact) mass is 505 g/mol. The number of alkyl halides is 3. The number of hydrogen-bond donors (Lipinski definition) is 0. The van der Waals surface area contributed by atoms with Crippen LogP contribution in [0.1, 0.15) is 57.1 Å². The van der Waals surface area contributed by atoms with Crippen LogP contribution in [0.3, 0.4) is 0 Å². The molecule has 1 saturated heterocycles. The number of nitrogens with zero attached hydrogens (tertiary/aromatic N) is 5. The first-order valence-corrected chi connectivity index (χ1v) is 12.4. The largest absolute Gasteiger partial charge is 0.444 e. The lowest BCUT2D eigenvalue weighted by Gasteiger charge is -2.43. The van der Waals surface area contributed by atoms with Gasteiger partial charge in [-0.05, 0) is 57.4 Å². The number of rotatable bonds is 3. The van der Waals surface area contributed by atoms with Crippen molar-refractivity contribution in [2.24, 2.45) is 0 Å². The van der Waals surface area contributed by atoms with E-state index >= 15 is 0 Å². The molecule has 2 aliphatic heterocycles. The fraction of sp³-hybridized carbons (Fsp3) is 0.577. The topological polar surface area (TPSA) is 61.8 Å². The van der Waals surface area contributed by atoms with Gasteiger partial charge in [0.05, 0.1) is 23.6 Å². The van der Waals surface area contributed by atoms with Gasteiger partial charge in [-0.15, -0.1) is 0 Å². The first-order chi connectivity index (χ1) is 16.9. The number of aromatic nitrogens is 2. The van der Waals surface area contributed by atoms with Crippen molar-refractivity contribution in [2.45, 2.75) is 71.8 Å². The Balaban J connectivity index is 1.62.